The fraction of sp³-hybridized carbons (Fsp3) is 0.118. The van der Waals surface area contributed by atoms with Gasteiger partial charge in [-0.3, -0.25) is 14.9 Å². The van der Waals surface area contributed by atoms with Crippen molar-refractivity contribution in [3.05, 3.63) is 55.7 Å². The molecule has 3 rings (SSSR count). The third-order valence-electron chi connectivity index (χ3n) is 3.53. The molecule has 0 saturated heterocycles. The van der Waals surface area contributed by atoms with Crippen molar-refractivity contribution in [1.82, 2.24) is 4.57 Å². The van der Waals surface area contributed by atoms with Gasteiger partial charge in [0.05, 0.1) is 34.4 Å². The summed E-state index contributed by atoms with van der Waals surface area (Å²) in [4.78, 5) is 38.9. The van der Waals surface area contributed by atoms with Crippen molar-refractivity contribution in [2.45, 2.75) is 6.54 Å². The number of terminal acetylenes is 1. The summed E-state index contributed by atoms with van der Waals surface area (Å²) in [6.45, 7) is 0.175. The molecule has 0 aliphatic carbocycles. The number of ether oxygens (including phenoxy) is 1. The van der Waals surface area contributed by atoms with Crippen LogP contribution in [0.5, 0.6) is 0 Å². The van der Waals surface area contributed by atoms with Crippen LogP contribution in [0, 0.1) is 22.5 Å². The molecule has 0 aliphatic rings. The fourth-order valence-corrected chi connectivity index (χ4v) is 4.10. The molecular formula is C17H11N3O5S2. The number of hydrogen-bond acceptors (Lipinski definition) is 7. The Bertz CT molecular complexity index is 1180. The van der Waals surface area contributed by atoms with E-state index in [2.05, 4.69) is 10.9 Å². The molecule has 136 valence electrons. The first-order valence-electron chi connectivity index (χ1n) is 7.43. The van der Waals surface area contributed by atoms with Gasteiger partial charge in [-0.2, -0.15) is 4.99 Å². The van der Waals surface area contributed by atoms with Gasteiger partial charge in [-0.05, 0) is 24.3 Å². The molecule has 3 aromatic rings. The second-order valence-corrected chi connectivity index (χ2v) is 7.23. The molecule has 0 aliphatic heterocycles. The highest BCUT2D eigenvalue weighted by molar-refractivity contribution is 7.17. The van der Waals surface area contributed by atoms with E-state index >= 15 is 0 Å². The molecule has 0 N–H and O–H groups in total. The molecule has 27 heavy (non-hydrogen) atoms. The smallest absolute Gasteiger partial charge is 0.337 e. The van der Waals surface area contributed by atoms with Crippen LogP contribution in [0.2, 0.25) is 0 Å². The average Bonchev–Trinajstić information content (AvgIpc) is 3.27. The van der Waals surface area contributed by atoms with Gasteiger partial charge in [-0.15, -0.1) is 6.42 Å². The Hall–Kier alpha value is -3.29. The van der Waals surface area contributed by atoms with Gasteiger partial charge in [-0.1, -0.05) is 28.6 Å². The molecular weight excluding hydrogens is 390 g/mol. The van der Waals surface area contributed by atoms with E-state index in [1.165, 1.54) is 30.6 Å². The summed E-state index contributed by atoms with van der Waals surface area (Å²) in [7, 11) is 1.29. The number of thiophene rings is 1. The van der Waals surface area contributed by atoms with Crippen LogP contribution in [0.1, 0.15) is 20.0 Å². The van der Waals surface area contributed by atoms with E-state index in [4.69, 9.17) is 11.2 Å². The SMILES string of the molecule is C#CCn1c(=NC(=O)c2ccc([N+](=O)[O-])s2)sc2cc(C(=O)OC)ccc21. The summed E-state index contributed by atoms with van der Waals surface area (Å²) in [5.74, 6) is 1.43. The maximum absolute atomic E-state index is 12.4. The lowest BCUT2D eigenvalue weighted by Crippen LogP contribution is -2.16. The van der Waals surface area contributed by atoms with Crippen molar-refractivity contribution < 1.29 is 19.2 Å². The minimum Gasteiger partial charge on any atom is -0.465 e. The predicted molar refractivity (Wildman–Crippen MR) is 101 cm³/mol. The Morgan fingerprint density at radius 2 is 2.11 bits per heavy atom. The van der Waals surface area contributed by atoms with E-state index in [1.807, 2.05) is 0 Å². The van der Waals surface area contributed by atoms with Crippen LogP contribution in [-0.4, -0.2) is 28.5 Å². The van der Waals surface area contributed by atoms with Crippen molar-refractivity contribution in [2.75, 3.05) is 7.11 Å². The molecule has 0 radical (unpaired) electrons. The molecule has 0 unspecified atom stereocenters. The van der Waals surface area contributed by atoms with E-state index < -0.39 is 16.8 Å². The summed E-state index contributed by atoms with van der Waals surface area (Å²) in [6.07, 6.45) is 5.42. The van der Waals surface area contributed by atoms with Crippen LogP contribution in [0.3, 0.4) is 0 Å². The molecule has 1 amide bonds. The van der Waals surface area contributed by atoms with Gasteiger partial charge in [0.25, 0.3) is 5.91 Å². The third-order valence-corrected chi connectivity index (χ3v) is 5.60. The second-order valence-electron chi connectivity index (χ2n) is 5.16. The highest BCUT2D eigenvalue weighted by Gasteiger charge is 2.16. The number of benzene rings is 1. The minimum atomic E-state index is -0.599. The molecule has 2 heterocycles. The van der Waals surface area contributed by atoms with Gasteiger partial charge in [-0.25, -0.2) is 4.79 Å². The quantitative estimate of drug-likeness (QED) is 0.289. The molecule has 1 aromatic carbocycles. The summed E-state index contributed by atoms with van der Waals surface area (Å²) in [5, 5.41) is 10.6. The Balaban J connectivity index is 2.10. The summed E-state index contributed by atoms with van der Waals surface area (Å²) < 4.78 is 7.08. The number of nitrogens with zero attached hydrogens (tertiary/aromatic N) is 3. The molecule has 0 saturated carbocycles. The first kappa shape index (κ1) is 18.5. The van der Waals surface area contributed by atoms with Gasteiger partial charge < -0.3 is 9.30 Å². The van der Waals surface area contributed by atoms with Crippen molar-refractivity contribution in [3.63, 3.8) is 0 Å². The molecule has 2 aromatic heterocycles. The molecule has 8 nitrogen and oxygen atoms in total. The lowest BCUT2D eigenvalue weighted by molar-refractivity contribution is -0.380. The number of aromatic nitrogens is 1. The Labute approximate surface area is 160 Å². The molecule has 0 bridgehead atoms. The van der Waals surface area contributed by atoms with Crippen molar-refractivity contribution >= 4 is 49.8 Å². The Morgan fingerprint density at radius 3 is 2.74 bits per heavy atom. The first-order chi connectivity index (χ1) is 12.9. The summed E-state index contributed by atoms with van der Waals surface area (Å²) in [6, 6.07) is 7.56. The number of carbonyl (C=O) groups is 2. The van der Waals surface area contributed by atoms with Crippen LogP contribution < -0.4 is 4.80 Å². The van der Waals surface area contributed by atoms with E-state index in [0.717, 1.165) is 11.3 Å². The standard InChI is InChI=1S/C17H11N3O5S2/c1-3-8-19-11-5-4-10(16(22)25-2)9-13(11)27-17(19)18-15(21)12-6-7-14(26-12)20(23)24/h1,4-7,9H,8H2,2H3. The number of amides is 1. The Morgan fingerprint density at radius 1 is 1.33 bits per heavy atom. The van der Waals surface area contributed by atoms with E-state index in [9.17, 15) is 19.7 Å². The number of hydrogen-bond donors (Lipinski definition) is 0. The fourth-order valence-electron chi connectivity index (χ4n) is 2.33. The number of methoxy groups -OCH3 is 1. The van der Waals surface area contributed by atoms with Gasteiger partial charge in [0.15, 0.2) is 4.80 Å². The number of fused-ring (bicyclic) bond motifs is 1. The van der Waals surface area contributed by atoms with Crippen molar-refractivity contribution in [2.24, 2.45) is 4.99 Å². The molecule has 10 heteroatoms. The van der Waals surface area contributed by atoms with Gasteiger partial charge in [0, 0.05) is 6.07 Å². The zero-order valence-corrected chi connectivity index (χ0v) is 15.5. The van der Waals surface area contributed by atoms with Crippen LogP contribution in [0.25, 0.3) is 10.2 Å². The van der Waals surface area contributed by atoms with Crippen LogP contribution in [0.4, 0.5) is 5.00 Å². The van der Waals surface area contributed by atoms with Crippen LogP contribution in [0.15, 0.2) is 35.3 Å². The number of rotatable bonds is 4. The maximum Gasteiger partial charge on any atom is 0.337 e. The van der Waals surface area contributed by atoms with E-state index in [1.54, 1.807) is 22.8 Å². The highest BCUT2D eigenvalue weighted by atomic mass is 32.1. The van der Waals surface area contributed by atoms with Gasteiger partial charge in [0.1, 0.15) is 4.88 Å². The van der Waals surface area contributed by atoms with Crippen LogP contribution >= 0.6 is 22.7 Å². The Kier molecular flexibility index (Phi) is 5.16. The second kappa shape index (κ2) is 7.53. The number of thiazole rings is 1. The van der Waals surface area contributed by atoms with Crippen molar-refractivity contribution in [1.29, 1.82) is 0 Å². The van der Waals surface area contributed by atoms with E-state index in [0.29, 0.717) is 20.6 Å². The summed E-state index contributed by atoms with van der Waals surface area (Å²) >= 11 is 1.94. The van der Waals surface area contributed by atoms with Crippen molar-refractivity contribution in [3.8, 4) is 12.3 Å². The first-order valence-corrected chi connectivity index (χ1v) is 9.06. The monoisotopic (exact) mass is 401 g/mol. The zero-order chi connectivity index (χ0) is 19.6. The topological polar surface area (TPSA) is 104 Å². The lowest BCUT2D eigenvalue weighted by atomic mass is 10.2. The molecule has 0 spiro atoms. The van der Waals surface area contributed by atoms with Gasteiger partial charge >= 0.3 is 11.0 Å². The normalized spacial score (nSPS) is 11.3. The van der Waals surface area contributed by atoms with Crippen LogP contribution in [-0.2, 0) is 11.3 Å². The summed E-state index contributed by atoms with van der Waals surface area (Å²) in [5.41, 5.74) is 1.08. The number of esters is 1. The van der Waals surface area contributed by atoms with Gasteiger partial charge in [0.2, 0.25) is 0 Å². The lowest BCUT2D eigenvalue weighted by Gasteiger charge is -2.01. The van der Waals surface area contributed by atoms with E-state index in [-0.39, 0.29) is 16.4 Å². The largest absolute Gasteiger partial charge is 0.465 e. The molecule has 0 fully saturated rings. The minimum absolute atomic E-state index is 0.135. The number of carbonyl (C=O) groups excluding carboxylic acids is 2. The molecule has 0 atom stereocenters. The third kappa shape index (κ3) is 3.64. The zero-order valence-electron chi connectivity index (χ0n) is 13.9. The highest BCUT2D eigenvalue weighted by Crippen LogP contribution is 2.25. The predicted octanol–water partition coefficient (Wildman–Crippen LogP) is 2.83. The maximum atomic E-state index is 12.4. The number of nitro groups is 1. The average molecular weight is 401 g/mol.